The van der Waals surface area contributed by atoms with Gasteiger partial charge in [-0.05, 0) is 19.2 Å². The summed E-state index contributed by atoms with van der Waals surface area (Å²) < 4.78 is 0. The van der Waals surface area contributed by atoms with Crippen LogP contribution in [0.3, 0.4) is 0 Å². The molecule has 1 aliphatic heterocycles. The van der Waals surface area contributed by atoms with E-state index in [0.717, 1.165) is 30.1 Å². The maximum absolute atomic E-state index is 12.0. The van der Waals surface area contributed by atoms with Gasteiger partial charge in [0.2, 0.25) is 0 Å². The van der Waals surface area contributed by atoms with Crippen molar-refractivity contribution in [3.05, 3.63) is 40.4 Å². The van der Waals surface area contributed by atoms with Gasteiger partial charge in [0.1, 0.15) is 6.07 Å². The molecule has 8 heteroatoms. The monoisotopic (exact) mass is 341 g/mol. The lowest BCUT2D eigenvalue weighted by atomic mass is 10.2. The number of nitrogens with one attached hydrogen (secondary N) is 2. The van der Waals surface area contributed by atoms with E-state index in [1.165, 1.54) is 11.3 Å². The number of rotatable bonds is 2. The largest absolute Gasteiger partial charge is 0.317 e. The second-order valence-electron chi connectivity index (χ2n) is 5.44. The predicted molar refractivity (Wildman–Crippen MR) is 90.6 cm³/mol. The van der Waals surface area contributed by atoms with E-state index in [1.807, 2.05) is 13.1 Å². The minimum absolute atomic E-state index is 0.298. The molecule has 0 aliphatic carbocycles. The Morgan fingerprint density at radius 3 is 2.83 bits per heavy atom. The minimum atomic E-state index is -0.831. The Kier molecular flexibility index (Phi) is 4.55. The second-order valence-corrected chi connectivity index (χ2v) is 6.53. The van der Waals surface area contributed by atoms with Crippen molar-refractivity contribution in [2.45, 2.75) is 13.0 Å². The third-order valence-electron chi connectivity index (χ3n) is 3.64. The summed E-state index contributed by atoms with van der Waals surface area (Å²) in [6.07, 6.45) is 0.833. The highest BCUT2D eigenvalue weighted by molar-refractivity contribution is 7.16. The molecular formula is C16H15N5O2S. The first-order valence-electron chi connectivity index (χ1n) is 7.35. The summed E-state index contributed by atoms with van der Waals surface area (Å²) in [5.41, 5.74) is 1.58. The molecule has 3 rings (SSSR count). The molecular weight excluding hydrogens is 326 g/mol. The second kappa shape index (κ2) is 6.78. The number of amides is 2. The van der Waals surface area contributed by atoms with Crippen LogP contribution in [0, 0.1) is 11.3 Å². The number of thiazole rings is 1. The Hall–Kier alpha value is -2.76. The van der Waals surface area contributed by atoms with E-state index in [0.29, 0.717) is 16.4 Å². The Balaban J connectivity index is 1.67. The first-order chi connectivity index (χ1) is 11.6. The summed E-state index contributed by atoms with van der Waals surface area (Å²) in [5, 5.41) is 14.4. The quantitative estimate of drug-likeness (QED) is 0.808. The smallest absolute Gasteiger partial charge is 0.315 e. The molecule has 2 amide bonds. The summed E-state index contributed by atoms with van der Waals surface area (Å²) in [6, 6.07) is 8.47. The average Bonchev–Trinajstić information content (AvgIpc) is 2.96. The number of likely N-dealkylation sites (N-methyl/N-ethyl adjacent to an activating group) is 1. The van der Waals surface area contributed by atoms with Crippen LogP contribution in [0.15, 0.2) is 24.3 Å². The van der Waals surface area contributed by atoms with E-state index in [9.17, 15) is 9.59 Å². The number of para-hydroxylation sites is 1. The molecule has 0 fully saturated rings. The van der Waals surface area contributed by atoms with E-state index < -0.39 is 11.8 Å². The van der Waals surface area contributed by atoms with Crippen molar-refractivity contribution >= 4 is 34.0 Å². The van der Waals surface area contributed by atoms with E-state index >= 15 is 0 Å². The van der Waals surface area contributed by atoms with Gasteiger partial charge in [-0.15, -0.1) is 11.3 Å². The van der Waals surface area contributed by atoms with Crippen LogP contribution in [0.5, 0.6) is 0 Å². The predicted octanol–water partition coefficient (Wildman–Crippen LogP) is 1.58. The molecule has 2 heterocycles. The van der Waals surface area contributed by atoms with Crippen LogP contribution in [-0.4, -0.2) is 35.3 Å². The number of nitriles is 1. The van der Waals surface area contributed by atoms with Crippen LogP contribution >= 0.6 is 11.3 Å². The van der Waals surface area contributed by atoms with Crippen LogP contribution in [-0.2, 0) is 22.6 Å². The highest BCUT2D eigenvalue weighted by atomic mass is 32.1. The highest BCUT2D eigenvalue weighted by Gasteiger charge is 2.21. The van der Waals surface area contributed by atoms with E-state index in [1.54, 1.807) is 24.3 Å². The van der Waals surface area contributed by atoms with Crippen LogP contribution in [0.4, 0.5) is 10.8 Å². The number of benzene rings is 1. The zero-order valence-electron chi connectivity index (χ0n) is 13.0. The molecule has 122 valence electrons. The third-order valence-corrected chi connectivity index (χ3v) is 4.64. The Morgan fingerprint density at radius 2 is 2.04 bits per heavy atom. The molecule has 0 bridgehead atoms. The van der Waals surface area contributed by atoms with Crippen molar-refractivity contribution < 1.29 is 9.59 Å². The maximum Gasteiger partial charge on any atom is 0.315 e. The summed E-state index contributed by atoms with van der Waals surface area (Å²) in [4.78, 5) is 31.7. The molecule has 0 atom stereocenters. The maximum atomic E-state index is 12.0. The summed E-state index contributed by atoms with van der Waals surface area (Å²) in [5.74, 6) is -1.63. The number of carbonyl (C=O) groups excluding carboxylic acids is 2. The van der Waals surface area contributed by atoms with Gasteiger partial charge in [-0.25, -0.2) is 4.98 Å². The molecule has 24 heavy (non-hydrogen) atoms. The third kappa shape index (κ3) is 3.42. The standard InChI is InChI=1S/C16H15N5O2S/c1-21-7-6-12-13(9-21)24-16(19-12)20-15(23)14(22)18-11-5-3-2-4-10(11)8-17/h2-5H,6-7,9H2,1H3,(H,18,22)(H,19,20,23). The Morgan fingerprint density at radius 1 is 1.29 bits per heavy atom. The van der Waals surface area contributed by atoms with Crippen molar-refractivity contribution in [3.8, 4) is 6.07 Å². The molecule has 0 saturated carbocycles. The van der Waals surface area contributed by atoms with Gasteiger partial charge in [0.25, 0.3) is 0 Å². The lowest BCUT2D eigenvalue weighted by Crippen LogP contribution is -2.29. The van der Waals surface area contributed by atoms with Gasteiger partial charge in [0, 0.05) is 24.4 Å². The zero-order chi connectivity index (χ0) is 17.1. The van der Waals surface area contributed by atoms with Crippen molar-refractivity contribution in [1.82, 2.24) is 9.88 Å². The number of carbonyl (C=O) groups is 2. The van der Waals surface area contributed by atoms with Crippen LogP contribution in [0.2, 0.25) is 0 Å². The van der Waals surface area contributed by atoms with Gasteiger partial charge in [-0.1, -0.05) is 12.1 Å². The van der Waals surface area contributed by atoms with Crippen LogP contribution < -0.4 is 10.6 Å². The number of fused-ring (bicyclic) bond motifs is 1. The lowest BCUT2D eigenvalue weighted by Gasteiger charge is -2.20. The van der Waals surface area contributed by atoms with Crippen LogP contribution in [0.1, 0.15) is 16.1 Å². The number of nitrogens with zero attached hydrogens (tertiary/aromatic N) is 3. The molecule has 0 radical (unpaired) electrons. The van der Waals surface area contributed by atoms with Gasteiger partial charge >= 0.3 is 11.8 Å². The molecule has 0 saturated heterocycles. The molecule has 1 aromatic heterocycles. The summed E-state index contributed by atoms with van der Waals surface area (Å²) in [6.45, 7) is 1.72. The molecule has 2 aromatic rings. The van der Waals surface area contributed by atoms with Gasteiger partial charge in [-0.2, -0.15) is 5.26 Å². The van der Waals surface area contributed by atoms with Gasteiger partial charge < -0.3 is 10.2 Å². The Bertz CT molecular complexity index is 839. The number of hydrogen-bond donors (Lipinski definition) is 2. The van der Waals surface area contributed by atoms with Crippen molar-refractivity contribution in [3.63, 3.8) is 0 Å². The number of anilines is 2. The Labute approximate surface area is 142 Å². The minimum Gasteiger partial charge on any atom is -0.317 e. The molecule has 0 unspecified atom stereocenters. The van der Waals surface area contributed by atoms with E-state index in [2.05, 4.69) is 20.5 Å². The first-order valence-corrected chi connectivity index (χ1v) is 8.17. The first kappa shape index (κ1) is 16.1. The fraction of sp³-hybridized carbons (Fsp3) is 0.250. The van der Waals surface area contributed by atoms with Crippen molar-refractivity contribution in [1.29, 1.82) is 5.26 Å². The number of hydrogen-bond acceptors (Lipinski definition) is 6. The average molecular weight is 341 g/mol. The van der Waals surface area contributed by atoms with Crippen molar-refractivity contribution in [2.24, 2.45) is 0 Å². The summed E-state index contributed by atoms with van der Waals surface area (Å²) >= 11 is 1.38. The molecule has 1 aromatic carbocycles. The highest BCUT2D eigenvalue weighted by Crippen LogP contribution is 2.27. The van der Waals surface area contributed by atoms with Gasteiger partial charge in [0.05, 0.1) is 16.9 Å². The van der Waals surface area contributed by atoms with E-state index in [4.69, 9.17) is 5.26 Å². The normalized spacial score (nSPS) is 13.7. The molecule has 0 spiro atoms. The van der Waals surface area contributed by atoms with Crippen LogP contribution in [0.25, 0.3) is 0 Å². The fourth-order valence-corrected chi connectivity index (χ4v) is 3.48. The summed E-state index contributed by atoms with van der Waals surface area (Å²) in [7, 11) is 2.03. The number of aromatic nitrogens is 1. The molecule has 7 nitrogen and oxygen atoms in total. The molecule has 1 aliphatic rings. The van der Waals surface area contributed by atoms with Gasteiger partial charge in [-0.3, -0.25) is 14.9 Å². The van der Waals surface area contributed by atoms with Gasteiger partial charge in [0.15, 0.2) is 5.13 Å². The molecule has 2 N–H and O–H groups in total. The lowest BCUT2D eigenvalue weighted by molar-refractivity contribution is -0.133. The SMILES string of the molecule is CN1CCc2nc(NC(=O)C(=O)Nc3ccccc3C#N)sc2C1. The zero-order valence-corrected chi connectivity index (χ0v) is 13.8. The fourth-order valence-electron chi connectivity index (χ4n) is 2.40. The topological polar surface area (TPSA) is 98.1 Å². The van der Waals surface area contributed by atoms with Crippen molar-refractivity contribution in [2.75, 3.05) is 24.2 Å². The van der Waals surface area contributed by atoms with E-state index in [-0.39, 0.29) is 0 Å².